The van der Waals surface area contributed by atoms with E-state index in [1.165, 1.54) is 54.8 Å². The van der Waals surface area contributed by atoms with E-state index in [-0.39, 0.29) is 5.69 Å². The molecule has 0 aliphatic carbocycles. The minimum absolute atomic E-state index is 0.00737. The van der Waals surface area contributed by atoms with Crippen LogP contribution in [0.2, 0.25) is 0 Å². The number of nitro benzene ring substituents is 1. The van der Waals surface area contributed by atoms with Crippen LogP contribution in [0, 0.1) is 10.1 Å². The number of methoxy groups -OCH3 is 1. The number of carbonyl (C=O) groups is 2. The molecule has 0 spiro atoms. The number of nitrogens with zero attached hydrogens (tertiary/aromatic N) is 3. The Morgan fingerprint density at radius 2 is 1.90 bits per heavy atom. The van der Waals surface area contributed by atoms with Crippen molar-refractivity contribution in [3.8, 4) is 0 Å². The minimum Gasteiger partial charge on any atom is -0.465 e. The average Bonchev–Trinajstić information content (AvgIpc) is 3.07. The van der Waals surface area contributed by atoms with Crippen molar-refractivity contribution in [2.24, 2.45) is 4.99 Å². The third kappa shape index (κ3) is 4.54. The standard InChI is InChI=1S/C19H17N3O5S2/c1-27-18(24)13-5-3-12(4-6-13)17(23)20-19-21(9-10-28-2)15-8-7-14(22(25)26)11-16(15)29-19/h3-8,11H,9-10H2,1-2H3. The summed E-state index contributed by atoms with van der Waals surface area (Å²) in [5.41, 5.74) is 1.46. The van der Waals surface area contributed by atoms with E-state index in [9.17, 15) is 19.7 Å². The monoisotopic (exact) mass is 431 g/mol. The first-order chi connectivity index (χ1) is 13.9. The number of rotatable bonds is 6. The van der Waals surface area contributed by atoms with Gasteiger partial charge in [0.2, 0.25) is 0 Å². The molecule has 0 N–H and O–H groups in total. The van der Waals surface area contributed by atoms with Crippen molar-refractivity contribution in [3.63, 3.8) is 0 Å². The molecule has 1 amide bonds. The molecular weight excluding hydrogens is 414 g/mol. The molecule has 3 rings (SSSR count). The highest BCUT2D eigenvalue weighted by molar-refractivity contribution is 7.98. The molecule has 2 aromatic carbocycles. The molecule has 0 fully saturated rings. The van der Waals surface area contributed by atoms with Crippen LogP contribution in [0.5, 0.6) is 0 Å². The van der Waals surface area contributed by atoms with Gasteiger partial charge >= 0.3 is 5.97 Å². The summed E-state index contributed by atoms with van der Waals surface area (Å²) >= 11 is 2.88. The van der Waals surface area contributed by atoms with E-state index in [2.05, 4.69) is 9.73 Å². The topological polar surface area (TPSA) is 104 Å². The summed E-state index contributed by atoms with van der Waals surface area (Å²) in [5, 5.41) is 11.1. The zero-order valence-corrected chi connectivity index (χ0v) is 17.3. The maximum Gasteiger partial charge on any atom is 0.337 e. The minimum atomic E-state index is -0.484. The summed E-state index contributed by atoms with van der Waals surface area (Å²) in [6.07, 6.45) is 1.98. The van der Waals surface area contributed by atoms with Gasteiger partial charge in [-0.05, 0) is 36.6 Å². The largest absolute Gasteiger partial charge is 0.465 e. The van der Waals surface area contributed by atoms with Crippen molar-refractivity contribution in [1.29, 1.82) is 0 Å². The molecular formula is C19H17N3O5S2. The molecule has 3 aromatic rings. The van der Waals surface area contributed by atoms with Crippen LogP contribution in [0.25, 0.3) is 10.2 Å². The second-order valence-corrected chi connectivity index (χ2v) is 7.92. The number of carbonyl (C=O) groups excluding carboxylic acids is 2. The van der Waals surface area contributed by atoms with Gasteiger partial charge in [0, 0.05) is 30.0 Å². The fourth-order valence-corrected chi connectivity index (χ4v) is 4.13. The lowest BCUT2D eigenvalue weighted by Gasteiger charge is -2.04. The number of non-ortho nitro benzene ring substituents is 1. The SMILES string of the molecule is COC(=O)c1ccc(C(=O)N=c2sc3cc([N+](=O)[O-])ccc3n2CCSC)cc1. The summed E-state index contributed by atoms with van der Waals surface area (Å²) < 4.78 is 7.22. The van der Waals surface area contributed by atoms with E-state index < -0.39 is 16.8 Å². The summed E-state index contributed by atoms with van der Waals surface area (Å²) in [7, 11) is 1.29. The molecule has 1 aromatic heterocycles. The normalized spacial score (nSPS) is 11.6. The zero-order chi connectivity index (χ0) is 21.0. The maximum absolute atomic E-state index is 12.6. The van der Waals surface area contributed by atoms with Crippen LogP contribution in [-0.4, -0.2) is 40.5 Å². The lowest BCUT2D eigenvalue weighted by atomic mass is 10.1. The Morgan fingerprint density at radius 1 is 1.21 bits per heavy atom. The number of hydrogen-bond donors (Lipinski definition) is 0. The number of esters is 1. The zero-order valence-electron chi connectivity index (χ0n) is 15.7. The van der Waals surface area contributed by atoms with Gasteiger partial charge < -0.3 is 9.30 Å². The number of ether oxygens (including phenoxy) is 1. The van der Waals surface area contributed by atoms with Crippen LogP contribution in [0.3, 0.4) is 0 Å². The Kier molecular flexibility index (Phi) is 6.45. The second kappa shape index (κ2) is 9.01. The summed E-state index contributed by atoms with van der Waals surface area (Å²) in [6.45, 7) is 0.617. The van der Waals surface area contributed by atoms with Crippen molar-refractivity contribution in [3.05, 3.63) is 68.5 Å². The van der Waals surface area contributed by atoms with Gasteiger partial charge in [-0.15, -0.1) is 0 Å². The molecule has 0 saturated carbocycles. The van der Waals surface area contributed by atoms with Gasteiger partial charge in [-0.1, -0.05) is 11.3 Å². The smallest absolute Gasteiger partial charge is 0.337 e. The first-order valence-electron chi connectivity index (χ1n) is 8.48. The van der Waals surface area contributed by atoms with Gasteiger partial charge in [-0.3, -0.25) is 14.9 Å². The van der Waals surface area contributed by atoms with E-state index in [1.807, 2.05) is 10.8 Å². The third-order valence-corrected chi connectivity index (χ3v) is 5.78. The molecule has 0 atom stereocenters. The maximum atomic E-state index is 12.6. The number of thiazole rings is 1. The van der Waals surface area contributed by atoms with E-state index >= 15 is 0 Å². The molecule has 0 unspecified atom stereocenters. The van der Waals surface area contributed by atoms with E-state index in [4.69, 9.17) is 0 Å². The number of amides is 1. The molecule has 0 saturated heterocycles. The quantitative estimate of drug-likeness (QED) is 0.336. The number of aryl methyl sites for hydroxylation is 1. The van der Waals surface area contributed by atoms with Crippen LogP contribution in [0.4, 0.5) is 5.69 Å². The molecule has 0 radical (unpaired) electrons. The van der Waals surface area contributed by atoms with E-state index in [0.717, 1.165) is 11.3 Å². The number of aromatic nitrogens is 1. The number of benzene rings is 2. The Balaban J connectivity index is 2.04. The Labute approximate surface area is 174 Å². The molecule has 8 nitrogen and oxygen atoms in total. The van der Waals surface area contributed by atoms with Crippen LogP contribution in [0.1, 0.15) is 20.7 Å². The third-order valence-electron chi connectivity index (χ3n) is 4.15. The van der Waals surface area contributed by atoms with Crippen molar-refractivity contribution in [2.45, 2.75) is 6.54 Å². The van der Waals surface area contributed by atoms with Crippen LogP contribution in [0.15, 0.2) is 47.5 Å². The molecule has 0 aliphatic heterocycles. The first kappa shape index (κ1) is 20.7. The van der Waals surface area contributed by atoms with Gasteiger partial charge in [0.05, 0.1) is 27.8 Å². The predicted molar refractivity (Wildman–Crippen MR) is 113 cm³/mol. The highest BCUT2D eigenvalue weighted by Crippen LogP contribution is 2.23. The van der Waals surface area contributed by atoms with Crippen LogP contribution in [-0.2, 0) is 11.3 Å². The van der Waals surface area contributed by atoms with Gasteiger partial charge in [0.1, 0.15) is 0 Å². The molecule has 0 aliphatic rings. The van der Waals surface area contributed by atoms with E-state index in [1.54, 1.807) is 17.8 Å². The second-order valence-electron chi connectivity index (χ2n) is 5.92. The number of nitro groups is 1. The van der Waals surface area contributed by atoms with Crippen molar-refractivity contribution in [2.75, 3.05) is 19.1 Å². The fourth-order valence-electron chi connectivity index (χ4n) is 2.68. The highest BCUT2D eigenvalue weighted by atomic mass is 32.2. The fraction of sp³-hybridized carbons (Fsp3) is 0.211. The number of hydrogen-bond acceptors (Lipinski definition) is 7. The van der Waals surface area contributed by atoms with Gasteiger partial charge in [-0.25, -0.2) is 4.79 Å². The lowest BCUT2D eigenvalue weighted by molar-refractivity contribution is -0.384. The van der Waals surface area contributed by atoms with Gasteiger partial charge in [-0.2, -0.15) is 16.8 Å². The van der Waals surface area contributed by atoms with E-state index in [0.29, 0.717) is 27.2 Å². The van der Waals surface area contributed by atoms with Gasteiger partial charge in [0.25, 0.3) is 11.6 Å². The number of thioether (sulfide) groups is 1. The molecule has 150 valence electrons. The van der Waals surface area contributed by atoms with Crippen LogP contribution < -0.4 is 4.80 Å². The van der Waals surface area contributed by atoms with Crippen molar-refractivity contribution < 1.29 is 19.2 Å². The van der Waals surface area contributed by atoms with Gasteiger partial charge in [0.15, 0.2) is 4.80 Å². The van der Waals surface area contributed by atoms with Crippen molar-refractivity contribution >= 4 is 50.9 Å². The summed E-state index contributed by atoms with van der Waals surface area (Å²) in [4.78, 5) is 39.5. The van der Waals surface area contributed by atoms with Crippen LogP contribution >= 0.6 is 23.1 Å². The molecule has 10 heteroatoms. The Bertz CT molecular complexity index is 1150. The van der Waals surface area contributed by atoms with Crippen molar-refractivity contribution in [1.82, 2.24) is 4.57 Å². The first-order valence-corrected chi connectivity index (χ1v) is 10.7. The summed E-state index contributed by atoms with van der Waals surface area (Å²) in [5.74, 6) is -0.139. The Morgan fingerprint density at radius 3 is 2.52 bits per heavy atom. The predicted octanol–water partition coefficient (Wildman–Crippen LogP) is 3.50. The lowest BCUT2D eigenvalue weighted by Crippen LogP contribution is -2.18. The Hall–Kier alpha value is -2.98. The molecule has 1 heterocycles. The summed E-state index contributed by atoms with van der Waals surface area (Å²) in [6, 6.07) is 10.7. The number of fused-ring (bicyclic) bond motifs is 1. The molecule has 0 bridgehead atoms. The molecule has 29 heavy (non-hydrogen) atoms. The average molecular weight is 431 g/mol. The highest BCUT2D eigenvalue weighted by Gasteiger charge is 2.14.